The number of hydrogen-bond donors (Lipinski definition) is 5. The Labute approximate surface area is 200 Å². The SMILES string of the molecule is CCC(C)C(NC(=O)C(N)C(C)C)C(=O)NC(CCCCN)C(=O)Nc1ccc([N+](=O)[O-])cc1. The maximum Gasteiger partial charge on any atom is 0.269 e. The van der Waals surface area contributed by atoms with Gasteiger partial charge in [0.15, 0.2) is 0 Å². The van der Waals surface area contributed by atoms with Crippen LogP contribution in [0.5, 0.6) is 0 Å². The minimum Gasteiger partial charge on any atom is -0.343 e. The van der Waals surface area contributed by atoms with Crippen LogP contribution >= 0.6 is 0 Å². The average Bonchev–Trinajstić information content (AvgIpc) is 2.80. The van der Waals surface area contributed by atoms with Crippen molar-refractivity contribution in [1.29, 1.82) is 0 Å². The summed E-state index contributed by atoms with van der Waals surface area (Å²) in [7, 11) is 0. The van der Waals surface area contributed by atoms with Gasteiger partial charge in [-0.2, -0.15) is 0 Å². The second-order valence-corrected chi connectivity index (χ2v) is 8.78. The van der Waals surface area contributed by atoms with E-state index in [2.05, 4.69) is 16.0 Å². The van der Waals surface area contributed by atoms with E-state index in [0.717, 1.165) is 0 Å². The van der Waals surface area contributed by atoms with Gasteiger partial charge in [0.05, 0.1) is 11.0 Å². The molecule has 7 N–H and O–H groups in total. The van der Waals surface area contributed by atoms with Crippen LogP contribution in [0.2, 0.25) is 0 Å². The predicted octanol–water partition coefficient (Wildman–Crippen LogP) is 1.66. The van der Waals surface area contributed by atoms with Gasteiger partial charge >= 0.3 is 0 Å². The van der Waals surface area contributed by atoms with E-state index < -0.39 is 40.8 Å². The van der Waals surface area contributed by atoms with E-state index in [-0.39, 0.29) is 17.5 Å². The van der Waals surface area contributed by atoms with Gasteiger partial charge in [0.25, 0.3) is 5.69 Å². The summed E-state index contributed by atoms with van der Waals surface area (Å²) in [4.78, 5) is 48.9. The summed E-state index contributed by atoms with van der Waals surface area (Å²) in [5, 5.41) is 19.0. The van der Waals surface area contributed by atoms with Gasteiger partial charge in [0.1, 0.15) is 12.1 Å². The molecule has 11 heteroatoms. The first-order chi connectivity index (χ1) is 16.0. The molecule has 3 amide bonds. The van der Waals surface area contributed by atoms with Crippen LogP contribution in [-0.4, -0.2) is 47.3 Å². The Morgan fingerprint density at radius 3 is 2.12 bits per heavy atom. The Morgan fingerprint density at radius 1 is 1.00 bits per heavy atom. The second kappa shape index (κ2) is 14.3. The molecule has 0 aliphatic rings. The van der Waals surface area contributed by atoms with Crippen molar-refractivity contribution in [2.75, 3.05) is 11.9 Å². The predicted molar refractivity (Wildman–Crippen MR) is 131 cm³/mol. The van der Waals surface area contributed by atoms with E-state index in [1.54, 1.807) is 0 Å². The van der Waals surface area contributed by atoms with Gasteiger partial charge in [-0.25, -0.2) is 0 Å². The highest BCUT2D eigenvalue weighted by Gasteiger charge is 2.31. The van der Waals surface area contributed by atoms with Crippen molar-refractivity contribution in [2.45, 2.75) is 71.5 Å². The number of nitro benzene ring substituents is 1. The summed E-state index contributed by atoms with van der Waals surface area (Å²) in [6.07, 6.45) is 2.25. The van der Waals surface area contributed by atoms with Crippen molar-refractivity contribution in [3.8, 4) is 0 Å². The van der Waals surface area contributed by atoms with E-state index in [0.29, 0.717) is 37.9 Å². The van der Waals surface area contributed by atoms with Gasteiger partial charge in [-0.15, -0.1) is 0 Å². The number of anilines is 1. The molecule has 0 saturated heterocycles. The third kappa shape index (κ3) is 9.06. The van der Waals surface area contributed by atoms with Crippen molar-refractivity contribution < 1.29 is 19.3 Å². The summed E-state index contributed by atoms with van der Waals surface area (Å²) in [5.74, 6) is -1.66. The number of carbonyl (C=O) groups excluding carboxylic acids is 3. The molecule has 0 bridgehead atoms. The molecule has 1 aromatic carbocycles. The van der Waals surface area contributed by atoms with Gasteiger partial charge in [-0.05, 0) is 49.8 Å². The number of amides is 3. The second-order valence-electron chi connectivity index (χ2n) is 8.78. The first-order valence-corrected chi connectivity index (χ1v) is 11.6. The zero-order valence-corrected chi connectivity index (χ0v) is 20.4. The summed E-state index contributed by atoms with van der Waals surface area (Å²) >= 11 is 0. The first-order valence-electron chi connectivity index (χ1n) is 11.6. The van der Waals surface area contributed by atoms with Gasteiger partial charge in [0, 0.05) is 17.8 Å². The highest BCUT2D eigenvalue weighted by atomic mass is 16.6. The standard InChI is InChI=1S/C23H38N6O5/c1-5-15(4)20(28-22(31)19(25)14(2)3)23(32)27-18(8-6-7-13-24)21(30)26-16-9-11-17(12-10-16)29(33)34/h9-12,14-15,18-20H,5-8,13,24-25H2,1-4H3,(H,26,30)(H,27,32)(H,28,31). The van der Waals surface area contributed by atoms with E-state index >= 15 is 0 Å². The lowest BCUT2D eigenvalue weighted by atomic mass is 9.96. The molecular formula is C23H38N6O5. The largest absolute Gasteiger partial charge is 0.343 e. The van der Waals surface area contributed by atoms with Gasteiger partial charge in [-0.3, -0.25) is 24.5 Å². The number of benzene rings is 1. The molecule has 0 aliphatic heterocycles. The molecule has 0 aliphatic carbocycles. The van der Waals surface area contributed by atoms with Crippen molar-refractivity contribution in [1.82, 2.24) is 10.6 Å². The summed E-state index contributed by atoms with van der Waals surface area (Å²) < 4.78 is 0. The summed E-state index contributed by atoms with van der Waals surface area (Å²) in [6, 6.07) is 2.91. The van der Waals surface area contributed by atoms with Crippen LogP contribution in [0.4, 0.5) is 11.4 Å². The number of unbranched alkanes of at least 4 members (excludes halogenated alkanes) is 1. The lowest BCUT2D eigenvalue weighted by Gasteiger charge is -2.28. The van der Waals surface area contributed by atoms with Gasteiger partial charge in [-0.1, -0.05) is 34.1 Å². The topological polar surface area (TPSA) is 182 Å². The van der Waals surface area contributed by atoms with Crippen LogP contribution < -0.4 is 27.4 Å². The van der Waals surface area contributed by atoms with Crippen molar-refractivity contribution >= 4 is 29.1 Å². The third-order valence-electron chi connectivity index (χ3n) is 5.74. The number of non-ortho nitro benzene ring substituents is 1. The van der Waals surface area contributed by atoms with E-state index in [1.807, 2.05) is 27.7 Å². The van der Waals surface area contributed by atoms with Crippen molar-refractivity contribution in [3.63, 3.8) is 0 Å². The van der Waals surface area contributed by atoms with Gasteiger partial charge in [0.2, 0.25) is 17.7 Å². The number of nitro groups is 1. The Bertz CT molecular complexity index is 830. The number of nitrogens with zero attached hydrogens (tertiary/aromatic N) is 1. The fourth-order valence-corrected chi connectivity index (χ4v) is 3.17. The molecule has 0 heterocycles. The monoisotopic (exact) mass is 478 g/mol. The van der Waals surface area contributed by atoms with Crippen molar-refractivity contribution in [2.24, 2.45) is 23.3 Å². The zero-order chi connectivity index (χ0) is 25.8. The van der Waals surface area contributed by atoms with Crippen LogP contribution in [0.1, 0.15) is 53.4 Å². The third-order valence-corrected chi connectivity index (χ3v) is 5.74. The molecular weight excluding hydrogens is 440 g/mol. The van der Waals surface area contributed by atoms with Crippen molar-refractivity contribution in [3.05, 3.63) is 34.4 Å². The van der Waals surface area contributed by atoms with E-state index in [4.69, 9.17) is 11.5 Å². The molecule has 4 atom stereocenters. The molecule has 11 nitrogen and oxygen atoms in total. The average molecular weight is 479 g/mol. The van der Waals surface area contributed by atoms with Crippen LogP contribution in [0, 0.1) is 22.0 Å². The molecule has 1 aromatic rings. The Morgan fingerprint density at radius 2 is 1.62 bits per heavy atom. The van der Waals surface area contributed by atoms with E-state index in [1.165, 1.54) is 24.3 Å². The fraction of sp³-hybridized carbons (Fsp3) is 0.609. The lowest BCUT2D eigenvalue weighted by Crippen LogP contribution is -2.57. The van der Waals surface area contributed by atoms with Crippen LogP contribution in [0.3, 0.4) is 0 Å². The molecule has 0 spiro atoms. The maximum absolute atomic E-state index is 13.1. The molecule has 0 fully saturated rings. The minimum absolute atomic E-state index is 0.0995. The number of nitrogens with two attached hydrogens (primary N) is 2. The quantitative estimate of drug-likeness (QED) is 0.153. The Kier molecular flexibility index (Phi) is 12.2. The molecule has 34 heavy (non-hydrogen) atoms. The fourth-order valence-electron chi connectivity index (χ4n) is 3.17. The van der Waals surface area contributed by atoms with E-state index in [9.17, 15) is 24.5 Å². The highest BCUT2D eigenvalue weighted by molar-refractivity contribution is 5.98. The Balaban J connectivity index is 3.00. The van der Waals surface area contributed by atoms with Crippen LogP contribution in [-0.2, 0) is 14.4 Å². The molecule has 0 aromatic heterocycles. The molecule has 190 valence electrons. The smallest absolute Gasteiger partial charge is 0.269 e. The molecule has 0 radical (unpaired) electrons. The number of carbonyl (C=O) groups is 3. The summed E-state index contributed by atoms with van der Waals surface area (Å²) in [6.45, 7) is 7.83. The molecule has 0 saturated carbocycles. The Hall–Kier alpha value is -3.05. The minimum atomic E-state index is -0.878. The highest BCUT2D eigenvalue weighted by Crippen LogP contribution is 2.16. The number of hydrogen-bond acceptors (Lipinski definition) is 7. The molecule has 4 unspecified atom stereocenters. The number of nitrogens with one attached hydrogen (secondary N) is 3. The maximum atomic E-state index is 13.1. The molecule has 1 rings (SSSR count). The summed E-state index contributed by atoms with van der Waals surface area (Å²) in [5.41, 5.74) is 11.8. The van der Waals surface area contributed by atoms with Crippen LogP contribution in [0.25, 0.3) is 0 Å². The van der Waals surface area contributed by atoms with Crippen LogP contribution in [0.15, 0.2) is 24.3 Å². The first kappa shape index (κ1) is 29.0. The lowest BCUT2D eigenvalue weighted by molar-refractivity contribution is -0.384. The van der Waals surface area contributed by atoms with Gasteiger partial charge < -0.3 is 27.4 Å². The zero-order valence-electron chi connectivity index (χ0n) is 20.4. The normalized spacial score (nSPS) is 14.6. The number of rotatable bonds is 14.